The molecule has 1 aliphatic heterocycles. The van der Waals surface area contributed by atoms with Gasteiger partial charge in [0.15, 0.2) is 5.84 Å². The lowest BCUT2D eigenvalue weighted by Crippen LogP contribution is -2.49. The molecule has 0 aromatic heterocycles. The number of amidine groups is 2. The van der Waals surface area contributed by atoms with Gasteiger partial charge in [0, 0.05) is 17.8 Å². The summed E-state index contributed by atoms with van der Waals surface area (Å²) in [4.78, 5) is 13.9. The minimum atomic E-state index is -0.654. The van der Waals surface area contributed by atoms with Crippen LogP contribution >= 0.6 is 11.8 Å². The maximum absolute atomic E-state index is 13.5. The molecule has 170 valence electrons. The molecule has 1 fully saturated rings. The van der Waals surface area contributed by atoms with Gasteiger partial charge >= 0.3 is 0 Å². The van der Waals surface area contributed by atoms with Crippen molar-refractivity contribution in [2.75, 3.05) is 16.4 Å². The highest BCUT2D eigenvalue weighted by molar-refractivity contribution is 7.99. The molecule has 1 aliphatic rings. The second-order valence-electron chi connectivity index (χ2n) is 7.95. The quantitative estimate of drug-likeness (QED) is 0.348. The third kappa shape index (κ3) is 5.21. The molecular formula is C23H27FN4O3S. The maximum atomic E-state index is 13.5. The topological polar surface area (TPSA) is 121 Å². The van der Waals surface area contributed by atoms with Crippen LogP contribution < -0.4 is 10.2 Å². The lowest BCUT2D eigenvalue weighted by molar-refractivity contribution is -0.115. The number of phenolic OH excluding ortho intramolecular Hbond substituents is 2. The molecule has 2 aromatic carbocycles. The maximum Gasteiger partial charge on any atom is 0.287 e. The fourth-order valence-corrected chi connectivity index (χ4v) is 4.63. The summed E-state index contributed by atoms with van der Waals surface area (Å²) in [6.45, 7) is 3.71. The average molecular weight is 459 g/mol. The Kier molecular flexibility index (Phi) is 7.40. The van der Waals surface area contributed by atoms with Crippen molar-refractivity contribution >= 4 is 35.0 Å². The number of halogens is 1. The summed E-state index contributed by atoms with van der Waals surface area (Å²) >= 11 is 1.81. The molecule has 1 saturated heterocycles. The zero-order valence-electron chi connectivity index (χ0n) is 18.0. The van der Waals surface area contributed by atoms with Crippen molar-refractivity contribution in [3.8, 4) is 11.5 Å². The van der Waals surface area contributed by atoms with Gasteiger partial charge in [-0.15, -0.1) is 0 Å². The normalized spacial score (nSPS) is 14.2. The van der Waals surface area contributed by atoms with E-state index in [2.05, 4.69) is 5.32 Å². The van der Waals surface area contributed by atoms with Crippen LogP contribution in [0.15, 0.2) is 36.4 Å². The van der Waals surface area contributed by atoms with Crippen molar-refractivity contribution in [1.82, 2.24) is 5.32 Å². The van der Waals surface area contributed by atoms with Crippen LogP contribution in [0.5, 0.6) is 11.5 Å². The summed E-state index contributed by atoms with van der Waals surface area (Å²) in [7, 11) is 0. The molecule has 0 atom stereocenters. The van der Waals surface area contributed by atoms with Crippen molar-refractivity contribution in [2.45, 2.75) is 38.6 Å². The van der Waals surface area contributed by atoms with E-state index in [0.717, 1.165) is 35.3 Å². The molecule has 5 N–H and O–H groups in total. The van der Waals surface area contributed by atoms with E-state index in [4.69, 9.17) is 10.8 Å². The average Bonchev–Trinajstić information content (AvgIpc) is 2.75. The van der Waals surface area contributed by atoms with E-state index in [1.54, 1.807) is 0 Å². The van der Waals surface area contributed by atoms with Gasteiger partial charge in [0.2, 0.25) is 0 Å². The second-order valence-corrected chi connectivity index (χ2v) is 9.18. The van der Waals surface area contributed by atoms with Crippen molar-refractivity contribution < 1.29 is 19.4 Å². The summed E-state index contributed by atoms with van der Waals surface area (Å²) in [5.74, 6) is -0.706. The number of carbonyl (C=O) groups excluding carboxylic acids is 1. The van der Waals surface area contributed by atoms with Crippen molar-refractivity contribution in [3.05, 3.63) is 53.3 Å². The van der Waals surface area contributed by atoms with Gasteiger partial charge in [-0.25, -0.2) is 4.39 Å². The molecule has 0 radical (unpaired) electrons. The van der Waals surface area contributed by atoms with Gasteiger partial charge in [0.05, 0.1) is 5.56 Å². The molecule has 0 spiro atoms. The van der Waals surface area contributed by atoms with Crippen LogP contribution in [0.25, 0.3) is 0 Å². The zero-order valence-corrected chi connectivity index (χ0v) is 18.8. The fourth-order valence-electron chi connectivity index (χ4n) is 3.52. The Bertz CT molecular complexity index is 1020. The van der Waals surface area contributed by atoms with E-state index in [-0.39, 0.29) is 40.5 Å². The van der Waals surface area contributed by atoms with Crippen LogP contribution in [0.3, 0.4) is 0 Å². The van der Waals surface area contributed by atoms with E-state index < -0.39 is 17.6 Å². The van der Waals surface area contributed by atoms with E-state index >= 15 is 0 Å². The number of phenols is 2. The Morgan fingerprint density at radius 2 is 1.75 bits per heavy atom. The number of nitrogens with one attached hydrogen (secondary N) is 3. The van der Waals surface area contributed by atoms with Crippen LogP contribution in [0, 0.1) is 16.6 Å². The molecule has 2 aromatic rings. The van der Waals surface area contributed by atoms with Crippen molar-refractivity contribution in [1.29, 1.82) is 10.8 Å². The lowest BCUT2D eigenvalue weighted by atomic mass is 9.98. The minimum absolute atomic E-state index is 0.0439. The van der Waals surface area contributed by atoms with Crippen LogP contribution in [-0.2, 0) is 4.79 Å². The first kappa shape index (κ1) is 23.6. The number of nitrogens with zero attached hydrogens (tertiary/aromatic N) is 1. The molecule has 32 heavy (non-hydrogen) atoms. The molecule has 9 heteroatoms. The van der Waals surface area contributed by atoms with Gasteiger partial charge < -0.3 is 15.5 Å². The Morgan fingerprint density at radius 1 is 1.12 bits per heavy atom. The first-order valence-corrected chi connectivity index (χ1v) is 11.5. The number of rotatable bonds is 4. The van der Waals surface area contributed by atoms with Gasteiger partial charge in [-0.1, -0.05) is 13.8 Å². The Hall–Kier alpha value is -3.07. The summed E-state index contributed by atoms with van der Waals surface area (Å²) in [6.07, 6.45) is 1.60. The van der Waals surface area contributed by atoms with E-state index in [0.29, 0.717) is 5.56 Å². The highest BCUT2D eigenvalue weighted by atomic mass is 32.2. The minimum Gasteiger partial charge on any atom is -0.508 e. The molecule has 7 nitrogen and oxygen atoms in total. The summed E-state index contributed by atoms with van der Waals surface area (Å²) < 4.78 is 13.5. The number of hydrogen-bond acceptors (Lipinski definition) is 6. The molecular weight excluding hydrogens is 431 g/mol. The Labute approximate surface area is 190 Å². The van der Waals surface area contributed by atoms with Gasteiger partial charge in [-0.3, -0.25) is 20.5 Å². The number of hydrogen-bond donors (Lipinski definition) is 5. The summed E-state index contributed by atoms with van der Waals surface area (Å²) in [5, 5.41) is 40.7. The van der Waals surface area contributed by atoms with Crippen LogP contribution in [-0.4, -0.2) is 45.3 Å². The second kappa shape index (κ2) is 10.0. The largest absolute Gasteiger partial charge is 0.508 e. The first-order valence-electron chi connectivity index (χ1n) is 10.4. The Morgan fingerprint density at radius 3 is 2.34 bits per heavy atom. The van der Waals surface area contributed by atoms with E-state index in [9.17, 15) is 19.4 Å². The van der Waals surface area contributed by atoms with E-state index in [1.165, 1.54) is 30.3 Å². The smallest absolute Gasteiger partial charge is 0.287 e. The molecule has 0 saturated carbocycles. The lowest BCUT2D eigenvalue weighted by Gasteiger charge is -2.28. The van der Waals surface area contributed by atoms with Crippen LogP contribution in [0.4, 0.5) is 10.1 Å². The number of amides is 1. The summed E-state index contributed by atoms with van der Waals surface area (Å²) in [6, 6.07) is 7.64. The molecule has 0 unspecified atom stereocenters. The number of thioether (sulfide) groups is 1. The van der Waals surface area contributed by atoms with Gasteiger partial charge in [-0.2, -0.15) is 11.8 Å². The van der Waals surface area contributed by atoms with Gasteiger partial charge in [-0.05, 0) is 66.2 Å². The molecule has 0 aliphatic carbocycles. The van der Waals surface area contributed by atoms with Crippen molar-refractivity contribution in [3.63, 3.8) is 0 Å². The number of anilines is 1. The third-order valence-corrected chi connectivity index (χ3v) is 6.37. The van der Waals surface area contributed by atoms with Crippen LogP contribution in [0.2, 0.25) is 0 Å². The Balaban J connectivity index is 1.98. The highest BCUT2D eigenvalue weighted by Crippen LogP contribution is 2.33. The summed E-state index contributed by atoms with van der Waals surface area (Å²) in [5.41, 5.74) is 0.786. The molecule has 0 bridgehead atoms. The van der Waals surface area contributed by atoms with Gasteiger partial charge in [0.25, 0.3) is 5.91 Å². The van der Waals surface area contributed by atoms with Crippen molar-refractivity contribution in [2.24, 2.45) is 0 Å². The SMILES string of the molecule is CC(C)c1cc(C(=N)N(C(=N)C(=O)NC2CCSCC2)c2ccc(F)cc2)c(O)cc1O. The van der Waals surface area contributed by atoms with Gasteiger partial charge in [0.1, 0.15) is 23.2 Å². The molecule has 3 rings (SSSR count). The number of benzene rings is 2. The standard InChI is InChI=1S/C23H27FN4O3S/c1-13(2)17-11-18(20(30)12-19(17)29)21(25)28(16-5-3-14(24)4-6-16)22(26)23(31)27-15-7-9-32-10-8-15/h3-6,11-13,15,25-26,29-30H,7-10H2,1-2H3,(H,27,31). The number of carbonyl (C=O) groups is 1. The van der Waals surface area contributed by atoms with E-state index in [1.807, 2.05) is 25.6 Å². The molecule has 1 amide bonds. The monoisotopic (exact) mass is 458 g/mol. The first-order chi connectivity index (χ1) is 15.2. The highest BCUT2D eigenvalue weighted by Gasteiger charge is 2.28. The predicted molar refractivity (Wildman–Crippen MR) is 126 cm³/mol. The van der Waals surface area contributed by atoms with Crippen LogP contribution in [0.1, 0.15) is 43.7 Å². The fraction of sp³-hybridized carbons (Fsp3) is 0.348. The third-order valence-electron chi connectivity index (χ3n) is 5.33. The predicted octanol–water partition coefficient (Wildman–Crippen LogP) is 4.18. The molecule has 1 heterocycles. The number of aromatic hydroxyl groups is 2. The zero-order chi connectivity index (χ0) is 23.4.